The third-order valence-electron chi connectivity index (χ3n) is 2.37. The zero-order chi connectivity index (χ0) is 19.3. The molecule has 26 heavy (non-hydrogen) atoms. The lowest BCUT2D eigenvalue weighted by Gasteiger charge is -2.17. The first-order valence-corrected chi connectivity index (χ1v) is 7.89. The van der Waals surface area contributed by atoms with Crippen LogP contribution in [0, 0.1) is 0 Å². The summed E-state index contributed by atoms with van der Waals surface area (Å²) in [4.78, 5) is 29.9. The van der Waals surface area contributed by atoms with Crippen molar-refractivity contribution in [3.8, 4) is 0 Å². The Balaban J connectivity index is 3.85. The van der Waals surface area contributed by atoms with E-state index in [2.05, 4.69) is 19.2 Å². The fourth-order valence-electron chi connectivity index (χ4n) is 1.37. The molecule has 0 spiro atoms. The number of ketones is 1. The highest BCUT2D eigenvalue weighted by atomic mass is 17.2. The van der Waals surface area contributed by atoms with Crippen LogP contribution in [-0.4, -0.2) is 72.4 Å². The summed E-state index contributed by atoms with van der Waals surface area (Å²) in [6, 6.07) is 0. The molecule has 0 bridgehead atoms. The summed E-state index contributed by atoms with van der Waals surface area (Å²) in [6.07, 6.45) is 4.78. The van der Waals surface area contributed by atoms with Gasteiger partial charge in [0.2, 0.25) is 0 Å². The minimum atomic E-state index is -0.373. The zero-order valence-corrected chi connectivity index (χ0v) is 15.4. The highest BCUT2D eigenvalue weighted by Crippen LogP contribution is 1.97. The van der Waals surface area contributed by atoms with E-state index in [1.807, 2.05) is 0 Å². The van der Waals surface area contributed by atoms with Crippen LogP contribution in [0.3, 0.4) is 0 Å². The van der Waals surface area contributed by atoms with Gasteiger partial charge in [0.25, 0.3) is 0 Å². The molecule has 10 heteroatoms. The van der Waals surface area contributed by atoms with Gasteiger partial charge in [0.05, 0.1) is 40.6 Å². The Labute approximate surface area is 153 Å². The minimum absolute atomic E-state index is 0.0179. The Morgan fingerprint density at radius 2 is 1.38 bits per heavy atom. The van der Waals surface area contributed by atoms with E-state index in [1.54, 1.807) is 0 Å². The number of hydrogen-bond donors (Lipinski definition) is 0. The third-order valence-corrected chi connectivity index (χ3v) is 2.37. The fraction of sp³-hybridized carbons (Fsp3) is 0.688. The molecule has 0 aromatic heterocycles. The number of Topliss-reactive ketones (excluding diaryl/α,β-unsaturated/α-hetero) is 1. The van der Waals surface area contributed by atoms with Gasteiger partial charge in [0.1, 0.15) is 38.4 Å². The number of methoxy groups -OCH3 is 2. The molecule has 152 valence electrons. The number of rotatable bonds is 19. The third kappa shape index (κ3) is 18.5. The van der Waals surface area contributed by atoms with E-state index in [0.29, 0.717) is 0 Å². The van der Waals surface area contributed by atoms with Crippen LogP contribution in [0.4, 0.5) is 0 Å². The average molecular weight is 380 g/mol. The van der Waals surface area contributed by atoms with Gasteiger partial charge in [-0.1, -0.05) is 0 Å². The summed E-state index contributed by atoms with van der Waals surface area (Å²) in [7, 11) is 2.98. The van der Waals surface area contributed by atoms with Crippen molar-refractivity contribution >= 4 is 5.78 Å². The van der Waals surface area contributed by atoms with Crippen LogP contribution in [-0.2, 0) is 48.0 Å². The van der Waals surface area contributed by atoms with Crippen LogP contribution in [0.2, 0.25) is 0 Å². The first-order chi connectivity index (χ1) is 12.7. The Hall–Kier alpha value is -1.85. The SMILES string of the molecule is CO/C=C/OOCCOCC(COCC(C)=O)OCCOO/C=C/OC. The van der Waals surface area contributed by atoms with Gasteiger partial charge in [0, 0.05) is 0 Å². The maximum absolute atomic E-state index is 10.9. The lowest BCUT2D eigenvalue weighted by molar-refractivity contribution is -0.261. The predicted molar refractivity (Wildman–Crippen MR) is 88.4 cm³/mol. The van der Waals surface area contributed by atoms with E-state index in [9.17, 15) is 4.79 Å². The lowest BCUT2D eigenvalue weighted by atomic mass is 10.4. The smallest absolute Gasteiger partial charge is 0.163 e. The van der Waals surface area contributed by atoms with Gasteiger partial charge < -0.3 is 33.5 Å². The molecule has 0 aromatic rings. The van der Waals surface area contributed by atoms with Crippen LogP contribution < -0.4 is 0 Å². The van der Waals surface area contributed by atoms with Crippen molar-refractivity contribution in [2.45, 2.75) is 13.0 Å². The van der Waals surface area contributed by atoms with Crippen molar-refractivity contribution in [2.24, 2.45) is 0 Å². The first kappa shape index (κ1) is 24.1. The second-order valence-electron chi connectivity index (χ2n) is 4.64. The molecule has 0 fully saturated rings. The second-order valence-corrected chi connectivity index (χ2v) is 4.64. The predicted octanol–water partition coefficient (Wildman–Crippen LogP) is 1.13. The number of carbonyl (C=O) groups is 1. The molecule has 0 aliphatic heterocycles. The Morgan fingerprint density at radius 1 is 0.808 bits per heavy atom. The molecule has 0 radical (unpaired) electrons. The van der Waals surface area contributed by atoms with Crippen molar-refractivity contribution in [1.82, 2.24) is 0 Å². The van der Waals surface area contributed by atoms with Crippen molar-refractivity contribution in [3.05, 3.63) is 25.0 Å². The van der Waals surface area contributed by atoms with Gasteiger partial charge in [-0.3, -0.25) is 4.79 Å². The first-order valence-electron chi connectivity index (χ1n) is 7.89. The quantitative estimate of drug-likeness (QED) is 0.140. The van der Waals surface area contributed by atoms with Crippen molar-refractivity contribution in [3.63, 3.8) is 0 Å². The van der Waals surface area contributed by atoms with E-state index < -0.39 is 0 Å². The molecule has 10 nitrogen and oxygen atoms in total. The summed E-state index contributed by atoms with van der Waals surface area (Å²) < 4.78 is 25.5. The molecule has 1 atom stereocenters. The standard InChI is InChI=1S/C16H28O10/c1-15(17)12-21-14-16(22-7-11-26-24-9-5-19-3)13-20-6-10-25-23-8-4-18-2/h4-5,8-9,16H,6-7,10-14H2,1-3H3/b8-4+,9-5+. The molecule has 0 saturated carbocycles. The van der Waals surface area contributed by atoms with Crippen LogP contribution in [0.1, 0.15) is 6.92 Å². The Morgan fingerprint density at radius 3 is 1.96 bits per heavy atom. The summed E-state index contributed by atoms with van der Waals surface area (Å²) in [5, 5.41) is 0. The van der Waals surface area contributed by atoms with E-state index >= 15 is 0 Å². The van der Waals surface area contributed by atoms with Gasteiger partial charge in [-0.2, -0.15) is 9.78 Å². The largest absolute Gasteiger partial charge is 0.501 e. The summed E-state index contributed by atoms with van der Waals surface area (Å²) in [5.74, 6) is -0.0685. The van der Waals surface area contributed by atoms with Gasteiger partial charge in [0.15, 0.2) is 18.3 Å². The Kier molecular flexibility index (Phi) is 18.1. The summed E-state index contributed by atoms with van der Waals surface area (Å²) >= 11 is 0. The number of ether oxygens (including phenoxy) is 5. The molecular weight excluding hydrogens is 352 g/mol. The molecule has 0 amide bonds. The molecule has 0 heterocycles. The monoisotopic (exact) mass is 380 g/mol. The average Bonchev–Trinajstić information content (AvgIpc) is 2.62. The minimum Gasteiger partial charge on any atom is -0.501 e. The fourth-order valence-corrected chi connectivity index (χ4v) is 1.37. The van der Waals surface area contributed by atoms with Gasteiger partial charge in [-0.05, 0) is 6.92 Å². The van der Waals surface area contributed by atoms with Crippen molar-refractivity contribution < 1.29 is 48.0 Å². The molecular formula is C16H28O10. The van der Waals surface area contributed by atoms with Gasteiger partial charge in [-0.25, -0.2) is 0 Å². The normalized spacial score (nSPS) is 12.4. The maximum atomic E-state index is 10.9. The topological polar surface area (TPSA) is 100 Å². The molecule has 0 aliphatic rings. The van der Waals surface area contributed by atoms with Crippen LogP contribution in [0.25, 0.3) is 0 Å². The van der Waals surface area contributed by atoms with Gasteiger partial charge in [-0.15, -0.1) is 0 Å². The second kappa shape index (κ2) is 19.5. The number of hydrogen-bond acceptors (Lipinski definition) is 10. The van der Waals surface area contributed by atoms with Crippen LogP contribution in [0.5, 0.6) is 0 Å². The summed E-state index contributed by atoms with van der Waals surface area (Å²) in [5.41, 5.74) is 0. The summed E-state index contributed by atoms with van der Waals surface area (Å²) in [6.45, 7) is 2.87. The maximum Gasteiger partial charge on any atom is 0.163 e. The van der Waals surface area contributed by atoms with Crippen molar-refractivity contribution in [2.75, 3.05) is 60.5 Å². The Bertz CT molecular complexity index is 372. The lowest BCUT2D eigenvalue weighted by Crippen LogP contribution is -2.28. The molecule has 0 rings (SSSR count). The highest BCUT2D eigenvalue weighted by Gasteiger charge is 2.11. The van der Waals surface area contributed by atoms with E-state index in [0.717, 1.165) is 0 Å². The van der Waals surface area contributed by atoms with E-state index in [1.165, 1.54) is 46.2 Å². The number of carbonyl (C=O) groups excluding carboxylic acids is 1. The van der Waals surface area contributed by atoms with Crippen molar-refractivity contribution in [1.29, 1.82) is 0 Å². The molecule has 0 aliphatic carbocycles. The van der Waals surface area contributed by atoms with Crippen LogP contribution in [0.15, 0.2) is 25.0 Å². The molecule has 0 saturated heterocycles. The van der Waals surface area contributed by atoms with E-state index in [4.69, 9.17) is 24.0 Å². The highest BCUT2D eigenvalue weighted by molar-refractivity contribution is 5.76. The molecule has 1 unspecified atom stereocenters. The molecule has 0 N–H and O–H groups in total. The van der Waals surface area contributed by atoms with Gasteiger partial charge >= 0.3 is 0 Å². The van der Waals surface area contributed by atoms with Crippen LogP contribution >= 0.6 is 0 Å². The van der Waals surface area contributed by atoms with E-state index in [-0.39, 0.29) is 58.1 Å². The molecule has 0 aromatic carbocycles. The zero-order valence-electron chi connectivity index (χ0n) is 15.4.